The second kappa shape index (κ2) is 24.6. The molecule has 394 valence electrons. The monoisotopic (exact) mass is 1080 g/mol. The molecule has 2 aliphatic rings. The smallest absolute Gasteiger partial charge is 0.411 e. The zero-order valence-corrected chi connectivity index (χ0v) is 43.8. The topological polar surface area (TPSA) is 213 Å². The molecule has 3 heterocycles. The fourth-order valence-corrected chi connectivity index (χ4v) is 11.0. The number of oxime groups is 1. The molecular weight excluding hydrogens is 1030 g/mol. The molecule has 9 rings (SSSR count). The number of carbonyl (C=O) groups excluding carboxylic acids is 6. The van der Waals surface area contributed by atoms with Gasteiger partial charge in [-0.3, -0.25) is 29.4 Å². The maximum Gasteiger partial charge on any atom is 0.411 e. The average molecular weight is 1080 g/mol. The lowest BCUT2D eigenvalue weighted by Crippen LogP contribution is -2.71. The maximum atomic E-state index is 14.7. The van der Waals surface area contributed by atoms with Crippen molar-refractivity contribution in [1.29, 1.82) is 0 Å². The molecule has 1 fully saturated rings. The third kappa shape index (κ3) is 12.0. The summed E-state index contributed by atoms with van der Waals surface area (Å²) in [6.07, 6.45) is 1.32. The number of carbonyl (C=O) groups is 6. The standard InChI is InChI=1S/C59H50N6O11S2/c1-37(66)74-47-32-31-45(34-48(47)75-38(2)67)60-58(71)73-33-19-24-41-35-77-55-50(54(69)65(55)51(41)56(70)76-52(39-20-9-4-10-21-39)40-22-11-5-12-23-40)62-53(68)49(64-72-3)46-36-78-57(61-46)63-59(42-25-13-6-14-26-42,43-27-15-7-16-28-43)44-29-17-8-18-30-44/h4-32,34,36,50,52,55H,33,35H2,1-3H3,(H,60,71)(H,61,63)(H,62,68)/b24-19+,64-49-. The van der Waals surface area contributed by atoms with Gasteiger partial charge in [0.2, 0.25) is 0 Å². The van der Waals surface area contributed by atoms with Crippen LogP contribution in [0.3, 0.4) is 0 Å². The number of β-lactam (4-membered cyclic amide) rings is 1. The molecule has 0 bridgehead atoms. The summed E-state index contributed by atoms with van der Waals surface area (Å²) in [5.41, 5.74) is 3.82. The van der Waals surface area contributed by atoms with Crippen LogP contribution in [0.5, 0.6) is 11.5 Å². The number of thiazole rings is 1. The minimum Gasteiger partial charge on any atom is -0.448 e. The van der Waals surface area contributed by atoms with E-state index in [1.54, 1.807) is 11.5 Å². The van der Waals surface area contributed by atoms with Crippen LogP contribution < -0.4 is 25.4 Å². The van der Waals surface area contributed by atoms with Gasteiger partial charge < -0.3 is 34.4 Å². The Labute approximate surface area is 456 Å². The van der Waals surface area contributed by atoms with E-state index in [1.165, 1.54) is 73.2 Å². The van der Waals surface area contributed by atoms with Gasteiger partial charge in [0.1, 0.15) is 42.1 Å². The van der Waals surface area contributed by atoms with Crippen LogP contribution in [-0.4, -0.2) is 82.3 Å². The predicted molar refractivity (Wildman–Crippen MR) is 295 cm³/mol. The Bertz CT molecular complexity index is 3280. The highest BCUT2D eigenvalue weighted by Gasteiger charge is 2.55. The van der Waals surface area contributed by atoms with Crippen LogP contribution in [0.1, 0.15) is 53.5 Å². The van der Waals surface area contributed by atoms with E-state index in [0.29, 0.717) is 21.8 Å². The van der Waals surface area contributed by atoms with Crippen LogP contribution in [0, 0.1) is 0 Å². The number of thioether (sulfide) groups is 1. The molecule has 1 aromatic heterocycles. The van der Waals surface area contributed by atoms with Gasteiger partial charge in [-0.25, -0.2) is 14.6 Å². The highest BCUT2D eigenvalue weighted by atomic mass is 32.2. The van der Waals surface area contributed by atoms with E-state index in [0.717, 1.165) is 16.7 Å². The van der Waals surface area contributed by atoms with Gasteiger partial charge >= 0.3 is 24.0 Å². The molecule has 0 saturated carbocycles. The molecule has 7 aromatic rings. The van der Waals surface area contributed by atoms with E-state index in [9.17, 15) is 28.8 Å². The van der Waals surface area contributed by atoms with Crippen molar-refractivity contribution in [2.75, 3.05) is 30.1 Å². The third-order valence-electron chi connectivity index (χ3n) is 12.3. The zero-order chi connectivity index (χ0) is 54.6. The first-order chi connectivity index (χ1) is 37.9. The van der Waals surface area contributed by atoms with Gasteiger partial charge in [-0.1, -0.05) is 163 Å². The number of nitrogens with one attached hydrogen (secondary N) is 3. The molecule has 3 amide bonds. The van der Waals surface area contributed by atoms with Crippen LogP contribution >= 0.6 is 23.1 Å². The summed E-state index contributed by atoms with van der Waals surface area (Å²) in [4.78, 5) is 91.1. The van der Waals surface area contributed by atoms with Crippen molar-refractivity contribution in [2.24, 2.45) is 5.16 Å². The first-order valence-corrected chi connectivity index (χ1v) is 26.3. The molecule has 78 heavy (non-hydrogen) atoms. The number of fused-ring (bicyclic) bond motifs is 1. The summed E-state index contributed by atoms with van der Waals surface area (Å²) >= 11 is 2.57. The van der Waals surface area contributed by atoms with E-state index >= 15 is 0 Å². The fraction of sp³-hybridized carbons (Fsp3) is 0.153. The Morgan fingerprint density at radius 3 is 1.86 bits per heavy atom. The molecule has 19 heteroatoms. The van der Waals surface area contributed by atoms with Gasteiger partial charge in [0.25, 0.3) is 11.8 Å². The number of amides is 3. The SMILES string of the molecule is CO/N=C(\C(=O)NC1C(=O)N2C(C(=O)OC(c3ccccc3)c3ccccc3)=C(/C=C/COC(=O)Nc3ccc(OC(C)=O)c(OC(C)=O)c3)CSC12)c1csc(NC(c2ccccc2)(c2ccccc2)c2ccccc2)n1. The van der Waals surface area contributed by atoms with E-state index in [4.69, 9.17) is 28.8 Å². The minimum atomic E-state index is -1.11. The van der Waals surface area contributed by atoms with E-state index < -0.39 is 58.9 Å². The first kappa shape index (κ1) is 53.5. The van der Waals surface area contributed by atoms with Crippen LogP contribution in [0.15, 0.2) is 204 Å². The lowest BCUT2D eigenvalue weighted by atomic mass is 9.77. The van der Waals surface area contributed by atoms with E-state index in [2.05, 4.69) is 21.1 Å². The summed E-state index contributed by atoms with van der Waals surface area (Å²) < 4.78 is 22.0. The van der Waals surface area contributed by atoms with Crippen molar-refractivity contribution < 1.29 is 52.6 Å². The molecule has 3 N–H and O–H groups in total. The lowest BCUT2D eigenvalue weighted by Gasteiger charge is -2.49. The molecule has 0 radical (unpaired) electrons. The van der Waals surface area contributed by atoms with Crippen molar-refractivity contribution in [3.63, 3.8) is 0 Å². The maximum absolute atomic E-state index is 14.7. The van der Waals surface area contributed by atoms with Gasteiger partial charge in [0.15, 0.2) is 28.4 Å². The van der Waals surface area contributed by atoms with Crippen molar-refractivity contribution >= 4 is 75.4 Å². The summed E-state index contributed by atoms with van der Waals surface area (Å²) in [5.74, 6) is -3.40. The molecule has 2 aliphatic heterocycles. The largest absolute Gasteiger partial charge is 0.448 e. The summed E-state index contributed by atoms with van der Waals surface area (Å²) in [5, 5.41) is 14.6. The molecular formula is C59H50N6O11S2. The zero-order valence-electron chi connectivity index (χ0n) is 42.2. The molecule has 0 spiro atoms. The summed E-state index contributed by atoms with van der Waals surface area (Å²) in [6, 6.07) is 51.3. The highest BCUT2D eigenvalue weighted by Crippen LogP contribution is 2.43. The molecule has 1 saturated heterocycles. The number of hydrogen-bond acceptors (Lipinski definition) is 16. The molecule has 0 aliphatic carbocycles. The van der Waals surface area contributed by atoms with Crippen LogP contribution in [-0.2, 0) is 43.8 Å². The van der Waals surface area contributed by atoms with Crippen molar-refractivity contribution in [1.82, 2.24) is 15.2 Å². The molecule has 2 atom stereocenters. The number of allylic oxidation sites excluding steroid dienone is 1. The fourth-order valence-electron chi connectivity index (χ4n) is 8.92. The van der Waals surface area contributed by atoms with Crippen LogP contribution in [0.2, 0.25) is 0 Å². The van der Waals surface area contributed by atoms with Crippen molar-refractivity contribution in [3.05, 3.63) is 232 Å². The van der Waals surface area contributed by atoms with Crippen LogP contribution in [0.4, 0.5) is 15.6 Å². The molecule has 2 unspecified atom stereocenters. The van der Waals surface area contributed by atoms with E-state index in [-0.39, 0.29) is 46.6 Å². The molecule has 6 aromatic carbocycles. The van der Waals surface area contributed by atoms with Crippen molar-refractivity contribution in [3.8, 4) is 11.5 Å². The lowest BCUT2D eigenvalue weighted by molar-refractivity contribution is -0.154. The Hall–Kier alpha value is -9.33. The highest BCUT2D eigenvalue weighted by molar-refractivity contribution is 8.00. The van der Waals surface area contributed by atoms with Crippen LogP contribution in [0.25, 0.3) is 0 Å². The second-order valence-corrected chi connectivity index (χ2v) is 19.4. The number of ether oxygens (including phenoxy) is 4. The van der Waals surface area contributed by atoms with Gasteiger partial charge in [0.05, 0.1) is 0 Å². The van der Waals surface area contributed by atoms with Gasteiger partial charge in [0, 0.05) is 36.7 Å². The average Bonchev–Trinajstić information content (AvgIpc) is 4.03. The predicted octanol–water partition coefficient (Wildman–Crippen LogP) is 9.54. The minimum absolute atomic E-state index is 0.0278. The van der Waals surface area contributed by atoms with Gasteiger partial charge in [-0.2, -0.15) is 0 Å². The number of rotatable bonds is 19. The summed E-state index contributed by atoms with van der Waals surface area (Å²) in [6.45, 7) is 2.08. The Balaban J connectivity index is 0.954. The van der Waals surface area contributed by atoms with Gasteiger partial charge in [-0.05, 0) is 51.6 Å². The third-order valence-corrected chi connectivity index (χ3v) is 14.4. The summed E-state index contributed by atoms with van der Waals surface area (Å²) in [7, 11) is 1.31. The quantitative estimate of drug-likeness (QED) is 0.0172. The molecule has 17 nitrogen and oxygen atoms in total. The van der Waals surface area contributed by atoms with E-state index in [1.807, 2.05) is 152 Å². The number of aromatic nitrogens is 1. The number of anilines is 2. The number of hydrogen-bond donors (Lipinski definition) is 3. The number of nitrogens with zero attached hydrogens (tertiary/aromatic N) is 3. The number of esters is 3. The first-order valence-electron chi connectivity index (χ1n) is 24.4. The normalized spacial score (nSPS) is 15.2. The van der Waals surface area contributed by atoms with Crippen molar-refractivity contribution in [2.45, 2.75) is 36.9 Å². The number of benzene rings is 6. The second-order valence-electron chi connectivity index (χ2n) is 17.4. The Kier molecular flexibility index (Phi) is 16.8. The van der Waals surface area contributed by atoms with Gasteiger partial charge in [-0.15, -0.1) is 23.1 Å². The Morgan fingerprint density at radius 2 is 1.31 bits per heavy atom. The Morgan fingerprint density at radius 1 is 0.756 bits per heavy atom.